The lowest BCUT2D eigenvalue weighted by Crippen LogP contribution is -2.29. The van der Waals surface area contributed by atoms with Gasteiger partial charge in [0.1, 0.15) is 0 Å². The molecule has 2 aliphatic rings. The van der Waals surface area contributed by atoms with Crippen LogP contribution >= 0.6 is 11.6 Å². The second kappa shape index (κ2) is 7.74. The summed E-state index contributed by atoms with van der Waals surface area (Å²) >= 11 is 6.00. The fourth-order valence-electron chi connectivity index (χ4n) is 4.68. The Bertz CT molecular complexity index is 1270. The van der Waals surface area contributed by atoms with Gasteiger partial charge in [0.05, 0.1) is 16.6 Å². The lowest BCUT2D eigenvalue weighted by Gasteiger charge is -2.37. The number of hydrogen-bond donors (Lipinski definition) is 2. The number of nitrogens with one attached hydrogen (secondary N) is 2. The topological polar surface area (TPSA) is 58.2 Å². The first-order chi connectivity index (χ1) is 14.9. The fraction of sp³-hybridized carbons (Fsp3) is 0.200. The zero-order valence-corrected chi connectivity index (χ0v) is 18.6. The lowest BCUT2D eigenvalue weighted by molar-refractivity contribution is 0.425. The van der Waals surface area contributed by atoms with E-state index in [1.165, 1.54) is 5.56 Å². The largest absolute Gasteiger partial charge is 0.378 e. The summed E-state index contributed by atoms with van der Waals surface area (Å²) in [7, 11) is -3.72. The molecule has 1 aliphatic heterocycles. The normalized spacial score (nSPS) is 21.8. The van der Waals surface area contributed by atoms with Gasteiger partial charge < -0.3 is 5.32 Å². The highest BCUT2D eigenvalue weighted by Crippen LogP contribution is 2.50. The van der Waals surface area contributed by atoms with Gasteiger partial charge in [0.2, 0.25) is 0 Å². The lowest BCUT2D eigenvalue weighted by atomic mass is 9.77. The van der Waals surface area contributed by atoms with E-state index < -0.39 is 10.0 Å². The molecule has 1 aliphatic carbocycles. The van der Waals surface area contributed by atoms with Crippen molar-refractivity contribution in [3.63, 3.8) is 0 Å². The Morgan fingerprint density at radius 3 is 2.61 bits per heavy atom. The molecule has 0 saturated carbocycles. The van der Waals surface area contributed by atoms with Crippen molar-refractivity contribution in [3.8, 4) is 0 Å². The van der Waals surface area contributed by atoms with Crippen molar-refractivity contribution >= 4 is 33.0 Å². The molecule has 3 aromatic rings. The Morgan fingerprint density at radius 1 is 1.03 bits per heavy atom. The first-order valence-electron chi connectivity index (χ1n) is 10.3. The van der Waals surface area contributed by atoms with Crippen molar-refractivity contribution in [1.29, 1.82) is 0 Å². The van der Waals surface area contributed by atoms with E-state index in [0.29, 0.717) is 16.6 Å². The van der Waals surface area contributed by atoms with Crippen molar-refractivity contribution in [2.75, 3.05) is 10.0 Å². The van der Waals surface area contributed by atoms with E-state index in [1.807, 2.05) is 25.1 Å². The Morgan fingerprint density at radius 2 is 1.84 bits per heavy atom. The van der Waals surface area contributed by atoms with Crippen LogP contribution in [0.2, 0.25) is 5.02 Å². The third kappa shape index (κ3) is 3.73. The van der Waals surface area contributed by atoms with Gasteiger partial charge in [-0.15, -0.1) is 0 Å². The number of hydrogen-bond acceptors (Lipinski definition) is 3. The number of halogens is 1. The fourth-order valence-corrected chi connectivity index (χ4v) is 6.07. The van der Waals surface area contributed by atoms with Crippen molar-refractivity contribution in [2.24, 2.45) is 5.92 Å². The maximum atomic E-state index is 13.1. The number of rotatable bonds is 4. The summed E-state index contributed by atoms with van der Waals surface area (Å²) in [5.41, 5.74) is 4.58. The minimum Gasteiger partial charge on any atom is -0.378 e. The quantitative estimate of drug-likeness (QED) is 0.460. The number of anilines is 2. The molecule has 0 aromatic heterocycles. The highest BCUT2D eigenvalue weighted by Gasteiger charge is 2.38. The second-order valence-electron chi connectivity index (χ2n) is 8.20. The highest BCUT2D eigenvalue weighted by atomic mass is 35.5. The van der Waals surface area contributed by atoms with E-state index >= 15 is 0 Å². The highest BCUT2D eigenvalue weighted by molar-refractivity contribution is 7.92. The van der Waals surface area contributed by atoms with Crippen LogP contribution in [0.1, 0.15) is 35.1 Å². The summed E-state index contributed by atoms with van der Waals surface area (Å²) < 4.78 is 28.9. The first kappa shape index (κ1) is 20.2. The number of fused-ring (bicyclic) bond motifs is 3. The van der Waals surface area contributed by atoms with Gasteiger partial charge in [0.15, 0.2) is 0 Å². The maximum absolute atomic E-state index is 13.1. The third-order valence-corrected chi connectivity index (χ3v) is 7.83. The molecule has 0 radical (unpaired) electrons. The second-order valence-corrected chi connectivity index (χ2v) is 10.3. The molecule has 3 aromatic carbocycles. The van der Waals surface area contributed by atoms with Gasteiger partial charge in [-0.25, -0.2) is 8.42 Å². The first-order valence-corrected chi connectivity index (χ1v) is 12.2. The third-order valence-electron chi connectivity index (χ3n) is 6.24. The van der Waals surface area contributed by atoms with Crippen molar-refractivity contribution in [2.45, 2.75) is 30.2 Å². The smallest absolute Gasteiger partial charge is 0.261 e. The summed E-state index contributed by atoms with van der Waals surface area (Å²) in [4.78, 5) is 0.264. The molecule has 1 heterocycles. The molecule has 0 amide bonds. The van der Waals surface area contributed by atoms with E-state index in [2.05, 4.69) is 46.5 Å². The van der Waals surface area contributed by atoms with Gasteiger partial charge in [0.25, 0.3) is 10.0 Å². The molecule has 2 N–H and O–H groups in total. The average Bonchev–Trinajstić information content (AvgIpc) is 3.26. The Balaban J connectivity index is 1.49. The van der Waals surface area contributed by atoms with Crippen LogP contribution in [-0.4, -0.2) is 8.42 Å². The number of aryl methyl sites for hydroxylation is 1. The molecule has 0 unspecified atom stereocenters. The molecule has 158 valence electrons. The van der Waals surface area contributed by atoms with Crippen LogP contribution in [0.5, 0.6) is 0 Å². The molecule has 0 spiro atoms. The van der Waals surface area contributed by atoms with Gasteiger partial charge in [-0.1, -0.05) is 54.1 Å². The molecule has 31 heavy (non-hydrogen) atoms. The van der Waals surface area contributed by atoms with Crippen LogP contribution in [0.3, 0.4) is 0 Å². The Labute approximate surface area is 188 Å². The summed E-state index contributed by atoms with van der Waals surface area (Å²) in [5.74, 6) is 0.549. The van der Waals surface area contributed by atoms with Gasteiger partial charge in [-0.3, -0.25) is 4.72 Å². The van der Waals surface area contributed by atoms with Crippen LogP contribution < -0.4 is 10.0 Å². The number of sulfonamides is 1. The van der Waals surface area contributed by atoms with Gasteiger partial charge in [-0.05, 0) is 72.4 Å². The van der Waals surface area contributed by atoms with Crippen LogP contribution in [0.4, 0.5) is 11.4 Å². The SMILES string of the molecule is Cc1cc(Cl)ccc1NS(=O)(=O)c1ccc2c(c1)[C@@H]1C=CC[C@@H]1[C@H](c1ccccc1)N2. The van der Waals surface area contributed by atoms with E-state index in [-0.39, 0.29) is 16.9 Å². The van der Waals surface area contributed by atoms with Gasteiger partial charge in [0, 0.05) is 16.6 Å². The molecule has 3 atom stereocenters. The summed E-state index contributed by atoms with van der Waals surface area (Å²) in [6, 6.07) is 21.1. The van der Waals surface area contributed by atoms with Crippen molar-refractivity contribution in [3.05, 3.63) is 101 Å². The zero-order valence-electron chi connectivity index (χ0n) is 17.0. The predicted octanol–water partition coefficient (Wildman–Crippen LogP) is 6.28. The number of benzene rings is 3. The van der Waals surface area contributed by atoms with E-state index in [9.17, 15) is 8.42 Å². The summed E-state index contributed by atoms with van der Waals surface area (Å²) in [5, 5.41) is 4.23. The molecular weight excluding hydrogens is 428 g/mol. The van der Waals surface area contributed by atoms with Gasteiger partial charge >= 0.3 is 0 Å². The minimum atomic E-state index is -3.72. The van der Waals surface area contributed by atoms with Crippen LogP contribution in [0, 0.1) is 12.8 Å². The van der Waals surface area contributed by atoms with Crippen molar-refractivity contribution in [1.82, 2.24) is 0 Å². The van der Waals surface area contributed by atoms with E-state index in [0.717, 1.165) is 23.2 Å². The molecule has 0 fully saturated rings. The molecule has 4 nitrogen and oxygen atoms in total. The van der Waals surface area contributed by atoms with Crippen LogP contribution in [0.25, 0.3) is 0 Å². The zero-order chi connectivity index (χ0) is 21.6. The van der Waals surface area contributed by atoms with E-state index in [1.54, 1.807) is 24.3 Å². The molecule has 6 heteroatoms. The van der Waals surface area contributed by atoms with Crippen molar-refractivity contribution < 1.29 is 8.42 Å². The molecule has 0 bridgehead atoms. The predicted molar refractivity (Wildman–Crippen MR) is 126 cm³/mol. The standard InChI is InChI=1S/C25H23ClN2O2S/c1-16-14-18(26)10-12-23(16)28-31(29,30)19-11-13-24-22(15-19)20-8-5-9-21(20)25(27-24)17-6-3-2-4-7-17/h2-8,10-15,20-21,25,27-28H,9H2,1H3/t20-,21+,25+/m1/s1. The van der Waals surface area contributed by atoms with Crippen LogP contribution in [0.15, 0.2) is 83.8 Å². The summed E-state index contributed by atoms with van der Waals surface area (Å²) in [6.45, 7) is 1.83. The summed E-state index contributed by atoms with van der Waals surface area (Å²) in [6.07, 6.45) is 5.39. The molecule has 5 rings (SSSR count). The van der Waals surface area contributed by atoms with Gasteiger partial charge in [-0.2, -0.15) is 0 Å². The minimum absolute atomic E-state index is 0.189. The van der Waals surface area contributed by atoms with Crippen LogP contribution in [-0.2, 0) is 10.0 Å². The Kier molecular flexibility index (Phi) is 5.03. The number of allylic oxidation sites excluding steroid dienone is 2. The Hall–Kier alpha value is -2.76. The van der Waals surface area contributed by atoms with E-state index in [4.69, 9.17) is 11.6 Å². The maximum Gasteiger partial charge on any atom is 0.261 e. The molecule has 0 saturated heterocycles. The monoisotopic (exact) mass is 450 g/mol. The average molecular weight is 451 g/mol. The molecular formula is C25H23ClN2O2S.